The molecule has 38 heavy (non-hydrogen) atoms. The van der Waals surface area contributed by atoms with Gasteiger partial charge in [0, 0.05) is 21.9 Å². The largest absolute Gasteiger partial charge is 0.493 e. The van der Waals surface area contributed by atoms with Crippen LogP contribution >= 0.6 is 0 Å². The van der Waals surface area contributed by atoms with Crippen LogP contribution in [-0.2, 0) is 10.8 Å². The molecule has 4 nitrogen and oxygen atoms in total. The van der Waals surface area contributed by atoms with Gasteiger partial charge in [-0.05, 0) is 52.6 Å². The third-order valence-electron chi connectivity index (χ3n) is 7.54. The van der Waals surface area contributed by atoms with Crippen LogP contribution in [0.4, 0.5) is 5.69 Å². The highest BCUT2D eigenvalue weighted by Crippen LogP contribution is 2.41. The molecular weight excluding hydrogens is 470 g/mol. The van der Waals surface area contributed by atoms with Crippen LogP contribution in [0, 0.1) is 0 Å². The van der Waals surface area contributed by atoms with Crippen molar-refractivity contribution in [3.05, 3.63) is 70.8 Å². The van der Waals surface area contributed by atoms with Crippen LogP contribution in [0.3, 0.4) is 0 Å². The fourth-order valence-electron chi connectivity index (χ4n) is 5.30. The predicted octanol–water partition coefficient (Wildman–Crippen LogP) is 8.97. The van der Waals surface area contributed by atoms with E-state index in [1.165, 1.54) is 30.6 Å². The molecule has 0 radical (unpaired) electrons. The second-order valence-electron chi connectivity index (χ2n) is 12.6. The first kappa shape index (κ1) is 27.9. The Morgan fingerprint density at radius 2 is 1.39 bits per heavy atom. The van der Waals surface area contributed by atoms with E-state index in [2.05, 4.69) is 60.6 Å². The van der Waals surface area contributed by atoms with Gasteiger partial charge in [-0.25, -0.2) is 4.90 Å². The van der Waals surface area contributed by atoms with E-state index < -0.39 is 0 Å². The highest BCUT2D eigenvalue weighted by Gasteiger charge is 2.37. The Balaban J connectivity index is 1.71. The summed E-state index contributed by atoms with van der Waals surface area (Å²) in [5, 5.41) is 1.52. The van der Waals surface area contributed by atoms with Crippen LogP contribution in [0.2, 0.25) is 0 Å². The number of hydrogen-bond donors (Lipinski definition) is 0. The molecule has 1 heterocycles. The lowest BCUT2D eigenvalue weighted by Gasteiger charge is -2.33. The summed E-state index contributed by atoms with van der Waals surface area (Å²) in [7, 11) is 0. The van der Waals surface area contributed by atoms with Gasteiger partial charge in [0.15, 0.2) is 0 Å². The molecule has 2 amide bonds. The first-order valence-electron chi connectivity index (χ1n) is 14.2. The Morgan fingerprint density at radius 1 is 0.737 bits per heavy atom. The monoisotopic (exact) mass is 513 g/mol. The minimum absolute atomic E-state index is 0.118. The summed E-state index contributed by atoms with van der Waals surface area (Å²) in [6.45, 7) is 15.6. The normalized spacial score (nSPS) is 13.9. The average Bonchev–Trinajstić information content (AvgIpc) is 2.86. The lowest BCUT2D eigenvalue weighted by Crippen LogP contribution is -2.42. The van der Waals surface area contributed by atoms with Crippen molar-refractivity contribution in [3.8, 4) is 5.75 Å². The van der Waals surface area contributed by atoms with Gasteiger partial charge in [-0.1, -0.05) is 105 Å². The smallest absolute Gasteiger partial charge is 0.265 e. The van der Waals surface area contributed by atoms with Gasteiger partial charge < -0.3 is 4.74 Å². The number of anilines is 1. The Kier molecular flexibility index (Phi) is 8.01. The number of rotatable bonds is 9. The zero-order valence-corrected chi connectivity index (χ0v) is 24.2. The standard InChI is InChI=1S/C34H43NO3/c1-8-9-10-11-12-13-21-38-29-20-18-26-30-24(29)15-14-16-25(30)31(36)35(32(26)37)28-22-23(33(2,3)4)17-19-27(28)34(5,6)7/h14-20,22H,8-13,21H2,1-7H3. The molecule has 1 aliphatic rings. The van der Waals surface area contributed by atoms with Crippen molar-refractivity contribution in [3.63, 3.8) is 0 Å². The molecule has 202 valence electrons. The van der Waals surface area contributed by atoms with Crippen LogP contribution in [0.1, 0.15) is 119 Å². The highest BCUT2D eigenvalue weighted by molar-refractivity contribution is 6.36. The van der Waals surface area contributed by atoms with Crippen LogP contribution in [0.25, 0.3) is 10.8 Å². The molecule has 0 saturated heterocycles. The fraction of sp³-hybridized carbons (Fsp3) is 0.471. The molecule has 0 saturated carbocycles. The molecule has 0 bridgehead atoms. The van der Waals surface area contributed by atoms with E-state index >= 15 is 0 Å². The number of ether oxygens (including phenoxy) is 1. The van der Waals surface area contributed by atoms with Crippen LogP contribution in [-0.4, -0.2) is 18.4 Å². The Morgan fingerprint density at radius 3 is 2.05 bits per heavy atom. The number of unbranched alkanes of at least 4 members (excludes halogenated alkanes) is 5. The maximum absolute atomic E-state index is 14.0. The van der Waals surface area contributed by atoms with Gasteiger partial charge in [0.1, 0.15) is 5.75 Å². The van der Waals surface area contributed by atoms with Gasteiger partial charge in [-0.3, -0.25) is 9.59 Å². The lowest BCUT2D eigenvalue weighted by molar-refractivity contribution is 0.0893. The first-order valence-corrected chi connectivity index (χ1v) is 14.2. The number of carbonyl (C=O) groups excluding carboxylic acids is 2. The number of amides is 2. The molecule has 4 rings (SSSR count). The minimum Gasteiger partial charge on any atom is -0.493 e. The second kappa shape index (κ2) is 10.9. The van der Waals surface area contributed by atoms with Crippen molar-refractivity contribution >= 4 is 28.3 Å². The number of benzene rings is 3. The molecule has 0 spiro atoms. The van der Waals surface area contributed by atoms with Crippen molar-refractivity contribution in [1.82, 2.24) is 0 Å². The van der Waals surface area contributed by atoms with Crippen molar-refractivity contribution < 1.29 is 14.3 Å². The third-order valence-corrected chi connectivity index (χ3v) is 7.54. The zero-order valence-electron chi connectivity index (χ0n) is 24.2. The molecule has 4 heteroatoms. The SMILES string of the molecule is CCCCCCCCOc1ccc2c3c(cccc13)C(=O)N(c1cc(C(C)(C)C)ccc1C(C)(C)C)C2=O. The van der Waals surface area contributed by atoms with Crippen molar-refractivity contribution in [1.29, 1.82) is 0 Å². The van der Waals surface area contributed by atoms with Gasteiger partial charge in [0.2, 0.25) is 0 Å². The molecule has 1 aliphatic heterocycles. The molecule has 0 atom stereocenters. The van der Waals surface area contributed by atoms with Gasteiger partial charge in [-0.15, -0.1) is 0 Å². The summed E-state index contributed by atoms with van der Waals surface area (Å²) < 4.78 is 6.17. The molecule has 0 aliphatic carbocycles. The molecule has 0 aromatic heterocycles. The number of nitrogens with zero attached hydrogens (tertiary/aromatic N) is 1. The summed E-state index contributed by atoms with van der Waals surface area (Å²) in [5.74, 6) is 0.175. The first-order chi connectivity index (χ1) is 17.9. The van der Waals surface area contributed by atoms with E-state index in [4.69, 9.17) is 4.74 Å². The zero-order chi connectivity index (χ0) is 27.7. The van der Waals surface area contributed by atoms with Crippen molar-refractivity contribution in [2.45, 2.75) is 97.8 Å². The Hall–Kier alpha value is -3.14. The van der Waals surface area contributed by atoms with Gasteiger partial charge in [0.25, 0.3) is 11.8 Å². The topological polar surface area (TPSA) is 46.6 Å². The van der Waals surface area contributed by atoms with E-state index in [1.807, 2.05) is 36.4 Å². The summed E-state index contributed by atoms with van der Waals surface area (Å²) in [5.41, 5.74) is 3.46. The maximum atomic E-state index is 14.0. The second-order valence-corrected chi connectivity index (χ2v) is 12.6. The summed E-state index contributed by atoms with van der Waals surface area (Å²) in [6, 6.07) is 15.6. The van der Waals surface area contributed by atoms with E-state index in [9.17, 15) is 9.59 Å². The van der Waals surface area contributed by atoms with Gasteiger partial charge in [-0.2, -0.15) is 0 Å². The average molecular weight is 514 g/mol. The Bertz CT molecular complexity index is 1320. The van der Waals surface area contributed by atoms with E-state index in [0.29, 0.717) is 28.8 Å². The quantitative estimate of drug-likeness (QED) is 0.212. The predicted molar refractivity (Wildman–Crippen MR) is 158 cm³/mol. The van der Waals surface area contributed by atoms with E-state index in [-0.39, 0.29) is 22.6 Å². The summed E-state index contributed by atoms with van der Waals surface area (Å²) in [4.78, 5) is 29.4. The molecule has 0 unspecified atom stereocenters. The molecule has 3 aromatic carbocycles. The summed E-state index contributed by atoms with van der Waals surface area (Å²) in [6.07, 6.45) is 7.17. The van der Waals surface area contributed by atoms with Crippen LogP contribution in [0.5, 0.6) is 5.75 Å². The highest BCUT2D eigenvalue weighted by atomic mass is 16.5. The summed E-state index contributed by atoms with van der Waals surface area (Å²) >= 11 is 0. The molecule has 3 aromatic rings. The number of hydrogen-bond acceptors (Lipinski definition) is 3. The molecule has 0 N–H and O–H groups in total. The Labute approximate surface area is 228 Å². The van der Waals surface area contributed by atoms with Crippen molar-refractivity contribution in [2.75, 3.05) is 11.5 Å². The van der Waals surface area contributed by atoms with Crippen molar-refractivity contribution in [2.24, 2.45) is 0 Å². The number of carbonyl (C=O) groups is 2. The van der Waals surface area contributed by atoms with E-state index in [0.717, 1.165) is 35.1 Å². The van der Waals surface area contributed by atoms with E-state index in [1.54, 1.807) is 0 Å². The van der Waals surface area contributed by atoms with Crippen LogP contribution < -0.4 is 9.64 Å². The third kappa shape index (κ3) is 5.50. The fourth-order valence-corrected chi connectivity index (χ4v) is 5.30. The van der Waals surface area contributed by atoms with Gasteiger partial charge >= 0.3 is 0 Å². The molecular formula is C34H43NO3. The maximum Gasteiger partial charge on any atom is 0.265 e. The van der Waals surface area contributed by atoms with Gasteiger partial charge in [0.05, 0.1) is 12.3 Å². The number of imide groups is 1. The van der Waals surface area contributed by atoms with Crippen LogP contribution in [0.15, 0.2) is 48.5 Å². The molecule has 0 fully saturated rings. The lowest BCUT2D eigenvalue weighted by atomic mass is 9.80. The minimum atomic E-state index is -0.280.